The first-order valence-corrected chi connectivity index (χ1v) is 9.52. The van der Waals surface area contributed by atoms with Crippen LogP contribution in [0.25, 0.3) is 0 Å². The highest BCUT2D eigenvalue weighted by Crippen LogP contribution is 2.24. The summed E-state index contributed by atoms with van der Waals surface area (Å²) in [4.78, 5) is 11.3. The first-order valence-electron chi connectivity index (χ1n) is 9.52. The van der Waals surface area contributed by atoms with Crippen LogP contribution in [0.2, 0.25) is 0 Å². The van der Waals surface area contributed by atoms with Crippen LogP contribution in [0.3, 0.4) is 0 Å². The molecule has 2 heterocycles. The lowest BCUT2D eigenvalue weighted by Gasteiger charge is -2.36. The summed E-state index contributed by atoms with van der Waals surface area (Å²) >= 11 is 0. The van der Waals surface area contributed by atoms with E-state index in [1.165, 1.54) is 12.1 Å². The highest BCUT2D eigenvalue weighted by Gasteiger charge is 2.21. The largest absolute Gasteiger partial charge is 0.368 e. The molecule has 6 nitrogen and oxygen atoms in total. The number of halogens is 1. The molecule has 28 heavy (non-hydrogen) atoms. The Balaban J connectivity index is 1.47. The van der Waals surface area contributed by atoms with Crippen molar-refractivity contribution in [2.24, 2.45) is 0 Å². The summed E-state index contributed by atoms with van der Waals surface area (Å²) in [6, 6.07) is 16.8. The number of benzene rings is 2. The zero-order valence-electron chi connectivity index (χ0n) is 15.9. The van der Waals surface area contributed by atoms with E-state index in [1.807, 2.05) is 30.3 Å². The van der Waals surface area contributed by atoms with E-state index in [9.17, 15) is 4.39 Å². The molecule has 0 N–H and O–H groups in total. The van der Waals surface area contributed by atoms with Crippen molar-refractivity contribution in [3.8, 4) is 0 Å². The van der Waals surface area contributed by atoms with E-state index in [4.69, 9.17) is 4.98 Å². The van der Waals surface area contributed by atoms with Crippen LogP contribution in [0.4, 0.5) is 27.5 Å². The van der Waals surface area contributed by atoms with Crippen LogP contribution in [-0.2, 0) is 0 Å². The highest BCUT2D eigenvalue weighted by molar-refractivity contribution is 5.60. The van der Waals surface area contributed by atoms with Crippen molar-refractivity contribution in [2.75, 3.05) is 47.4 Å². The third-order valence-electron chi connectivity index (χ3n) is 4.95. The maximum absolute atomic E-state index is 13.1. The molecule has 1 aliphatic heterocycles. The molecule has 0 saturated carbocycles. The molecule has 1 aliphatic rings. The van der Waals surface area contributed by atoms with Gasteiger partial charge in [-0.25, -0.2) is 4.39 Å². The van der Waals surface area contributed by atoms with Gasteiger partial charge in [0.05, 0.1) is 6.20 Å². The average molecular weight is 378 g/mol. The topological polar surface area (TPSA) is 48.4 Å². The number of para-hydroxylation sites is 1. The molecule has 0 spiro atoms. The predicted molar refractivity (Wildman–Crippen MR) is 110 cm³/mol. The first-order chi connectivity index (χ1) is 13.7. The first kappa shape index (κ1) is 18.2. The number of nitrogens with zero attached hydrogens (tertiary/aromatic N) is 6. The van der Waals surface area contributed by atoms with Gasteiger partial charge in [-0.2, -0.15) is 10.1 Å². The van der Waals surface area contributed by atoms with Crippen LogP contribution in [-0.4, -0.2) is 47.9 Å². The number of aromatic nitrogens is 3. The van der Waals surface area contributed by atoms with E-state index >= 15 is 0 Å². The molecule has 1 aromatic heterocycles. The van der Waals surface area contributed by atoms with Gasteiger partial charge in [0, 0.05) is 44.1 Å². The monoisotopic (exact) mass is 378 g/mol. The minimum Gasteiger partial charge on any atom is -0.368 e. The van der Waals surface area contributed by atoms with E-state index in [0.717, 1.165) is 49.9 Å². The third kappa shape index (κ3) is 3.88. The van der Waals surface area contributed by atoms with Crippen LogP contribution in [0, 0.1) is 5.82 Å². The molecule has 1 saturated heterocycles. The Kier molecular flexibility index (Phi) is 5.32. The lowest BCUT2D eigenvalue weighted by molar-refractivity contribution is 0.621. The molecule has 0 aliphatic carbocycles. The van der Waals surface area contributed by atoms with Crippen molar-refractivity contribution >= 4 is 23.1 Å². The summed E-state index contributed by atoms with van der Waals surface area (Å²) in [5.41, 5.74) is 2.12. The minimum atomic E-state index is -0.211. The van der Waals surface area contributed by atoms with Crippen LogP contribution in [0.1, 0.15) is 6.92 Å². The molecule has 0 radical (unpaired) electrons. The molecule has 0 amide bonds. The second kappa shape index (κ2) is 8.21. The molecule has 2 aromatic carbocycles. The Morgan fingerprint density at radius 1 is 0.929 bits per heavy atom. The summed E-state index contributed by atoms with van der Waals surface area (Å²) in [7, 11) is 0. The third-order valence-corrected chi connectivity index (χ3v) is 4.95. The smallest absolute Gasteiger partial charge is 0.247 e. The summed E-state index contributed by atoms with van der Waals surface area (Å²) in [5.74, 6) is 1.22. The Morgan fingerprint density at radius 2 is 1.61 bits per heavy atom. The summed E-state index contributed by atoms with van der Waals surface area (Å²) in [6.07, 6.45) is 1.70. The van der Waals surface area contributed by atoms with Gasteiger partial charge in [0.25, 0.3) is 0 Å². The van der Waals surface area contributed by atoms with Gasteiger partial charge in [0.1, 0.15) is 5.82 Å². The predicted octanol–water partition coefficient (Wildman–Crippen LogP) is 3.50. The fourth-order valence-corrected chi connectivity index (χ4v) is 3.45. The second-order valence-corrected chi connectivity index (χ2v) is 6.64. The number of anilines is 4. The van der Waals surface area contributed by atoms with Crippen LogP contribution in [0.5, 0.6) is 0 Å². The van der Waals surface area contributed by atoms with Gasteiger partial charge in [-0.05, 0) is 43.3 Å². The molecule has 3 aromatic rings. The second-order valence-electron chi connectivity index (χ2n) is 6.64. The molecule has 144 valence electrons. The zero-order chi connectivity index (χ0) is 19.3. The average Bonchev–Trinajstić information content (AvgIpc) is 2.76. The number of hydrogen-bond acceptors (Lipinski definition) is 6. The Hall–Kier alpha value is -3.22. The fourth-order valence-electron chi connectivity index (χ4n) is 3.45. The zero-order valence-corrected chi connectivity index (χ0v) is 15.9. The van der Waals surface area contributed by atoms with Crippen molar-refractivity contribution in [1.29, 1.82) is 0 Å². The normalized spacial score (nSPS) is 14.2. The van der Waals surface area contributed by atoms with Crippen molar-refractivity contribution in [3.63, 3.8) is 0 Å². The standard InChI is InChI=1S/C21H23FN6/c1-2-28(19-6-4-3-5-7-19)20-16-23-25-21(24-20)27-14-12-26(13-15-27)18-10-8-17(22)9-11-18/h3-11,16H,2,12-15H2,1H3. The summed E-state index contributed by atoms with van der Waals surface area (Å²) in [6.45, 7) is 6.13. The van der Waals surface area contributed by atoms with E-state index in [1.54, 1.807) is 6.20 Å². The summed E-state index contributed by atoms with van der Waals surface area (Å²) < 4.78 is 13.1. The number of piperazine rings is 1. The van der Waals surface area contributed by atoms with Crippen molar-refractivity contribution in [1.82, 2.24) is 15.2 Å². The van der Waals surface area contributed by atoms with Gasteiger partial charge in [0.15, 0.2) is 5.82 Å². The summed E-state index contributed by atoms with van der Waals surface area (Å²) in [5, 5.41) is 8.44. The van der Waals surface area contributed by atoms with E-state index in [2.05, 4.69) is 44.0 Å². The van der Waals surface area contributed by atoms with Gasteiger partial charge in [0.2, 0.25) is 5.95 Å². The quantitative estimate of drug-likeness (QED) is 0.677. The number of rotatable bonds is 5. The molecule has 0 atom stereocenters. The van der Waals surface area contributed by atoms with Gasteiger partial charge in [-0.3, -0.25) is 0 Å². The lowest BCUT2D eigenvalue weighted by atomic mass is 10.2. The molecular formula is C21H23FN6. The fraction of sp³-hybridized carbons (Fsp3) is 0.286. The minimum absolute atomic E-state index is 0.211. The Labute approximate surface area is 164 Å². The van der Waals surface area contributed by atoms with E-state index < -0.39 is 0 Å². The van der Waals surface area contributed by atoms with E-state index in [-0.39, 0.29) is 5.82 Å². The van der Waals surface area contributed by atoms with Gasteiger partial charge >= 0.3 is 0 Å². The van der Waals surface area contributed by atoms with Gasteiger partial charge < -0.3 is 14.7 Å². The van der Waals surface area contributed by atoms with Crippen molar-refractivity contribution < 1.29 is 4.39 Å². The van der Waals surface area contributed by atoms with Gasteiger partial charge in [-0.1, -0.05) is 18.2 Å². The van der Waals surface area contributed by atoms with Crippen LogP contribution >= 0.6 is 0 Å². The maximum atomic E-state index is 13.1. The van der Waals surface area contributed by atoms with Gasteiger partial charge in [-0.15, -0.1) is 5.10 Å². The molecule has 0 bridgehead atoms. The van der Waals surface area contributed by atoms with Crippen molar-refractivity contribution in [3.05, 3.63) is 66.6 Å². The highest BCUT2D eigenvalue weighted by atomic mass is 19.1. The molecule has 7 heteroatoms. The Morgan fingerprint density at radius 3 is 2.29 bits per heavy atom. The number of hydrogen-bond donors (Lipinski definition) is 0. The van der Waals surface area contributed by atoms with E-state index in [0.29, 0.717) is 5.95 Å². The SMILES string of the molecule is CCN(c1ccccc1)c1cnnc(N2CCN(c3ccc(F)cc3)CC2)n1. The Bertz CT molecular complexity index is 894. The molecule has 0 unspecified atom stereocenters. The van der Waals surface area contributed by atoms with Crippen LogP contribution < -0.4 is 14.7 Å². The van der Waals surface area contributed by atoms with Crippen LogP contribution in [0.15, 0.2) is 60.8 Å². The molecule has 4 rings (SSSR count). The molecule has 1 fully saturated rings. The molecular weight excluding hydrogens is 355 g/mol. The lowest BCUT2D eigenvalue weighted by Crippen LogP contribution is -2.47. The van der Waals surface area contributed by atoms with Crippen molar-refractivity contribution in [2.45, 2.75) is 6.92 Å². The maximum Gasteiger partial charge on any atom is 0.247 e.